The Morgan fingerprint density at radius 3 is 2.69 bits per heavy atom. The third kappa shape index (κ3) is 5.18. The summed E-state index contributed by atoms with van der Waals surface area (Å²) in [4.78, 5) is 12.6. The van der Waals surface area contributed by atoms with Crippen molar-refractivity contribution in [2.45, 2.75) is 18.2 Å². The van der Waals surface area contributed by atoms with E-state index in [1.54, 1.807) is 24.3 Å². The molecule has 2 aromatic rings. The lowest BCUT2D eigenvalue weighted by molar-refractivity contribution is 0.102. The Morgan fingerprint density at radius 1 is 1.19 bits per heavy atom. The summed E-state index contributed by atoms with van der Waals surface area (Å²) in [6.45, 7) is 6.12. The van der Waals surface area contributed by atoms with Gasteiger partial charge in [-0.3, -0.25) is 4.79 Å². The van der Waals surface area contributed by atoms with Crippen molar-refractivity contribution in [1.29, 1.82) is 0 Å². The summed E-state index contributed by atoms with van der Waals surface area (Å²) in [6, 6.07) is 12.9. The maximum Gasteiger partial charge on any atom is 0.255 e. The first-order valence-electron chi connectivity index (χ1n) is 8.21. The first-order chi connectivity index (χ1) is 12.5. The normalized spacial score (nSPS) is 11.0. The molecule has 0 spiro atoms. The second-order valence-electron chi connectivity index (χ2n) is 5.47. The van der Waals surface area contributed by atoms with E-state index < -0.39 is 15.9 Å². The number of ether oxygens (including phenoxy) is 1. The minimum absolute atomic E-state index is 0.0162. The highest BCUT2D eigenvalue weighted by atomic mass is 32.2. The maximum atomic E-state index is 12.5. The van der Waals surface area contributed by atoms with Crippen LogP contribution in [0.4, 0.5) is 5.69 Å². The summed E-state index contributed by atoms with van der Waals surface area (Å²) in [6.07, 6.45) is 2.29. The molecular formula is C19H22N2O4S. The molecule has 0 aliphatic heterocycles. The number of nitrogens with one attached hydrogen (secondary N) is 2. The van der Waals surface area contributed by atoms with Crippen LogP contribution in [0.3, 0.4) is 0 Å². The zero-order chi connectivity index (χ0) is 19.0. The van der Waals surface area contributed by atoms with Crippen molar-refractivity contribution < 1.29 is 17.9 Å². The number of carbonyl (C=O) groups excluding carboxylic acids is 1. The van der Waals surface area contributed by atoms with Gasteiger partial charge in [-0.15, -0.1) is 6.58 Å². The summed E-state index contributed by atoms with van der Waals surface area (Å²) < 4.78 is 32.4. The zero-order valence-corrected chi connectivity index (χ0v) is 15.4. The van der Waals surface area contributed by atoms with Gasteiger partial charge in [0.1, 0.15) is 5.75 Å². The zero-order valence-electron chi connectivity index (χ0n) is 14.6. The number of rotatable bonds is 9. The van der Waals surface area contributed by atoms with Crippen LogP contribution in [0.25, 0.3) is 0 Å². The lowest BCUT2D eigenvalue weighted by Gasteiger charge is -2.12. The molecule has 0 radical (unpaired) electrons. The number of para-hydroxylation sites is 2. The number of amides is 1. The van der Waals surface area contributed by atoms with E-state index in [9.17, 15) is 13.2 Å². The second kappa shape index (κ2) is 9.17. The Hall–Kier alpha value is -2.64. The number of sulfonamides is 1. The van der Waals surface area contributed by atoms with Gasteiger partial charge in [0.05, 0.1) is 17.2 Å². The van der Waals surface area contributed by atoms with Gasteiger partial charge in [-0.1, -0.05) is 31.2 Å². The van der Waals surface area contributed by atoms with E-state index in [2.05, 4.69) is 16.6 Å². The van der Waals surface area contributed by atoms with Gasteiger partial charge in [0.25, 0.3) is 5.91 Å². The largest absolute Gasteiger partial charge is 0.491 e. The topological polar surface area (TPSA) is 84.5 Å². The van der Waals surface area contributed by atoms with Crippen molar-refractivity contribution >= 4 is 21.6 Å². The summed E-state index contributed by atoms with van der Waals surface area (Å²) in [5, 5.41) is 2.76. The van der Waals surface area contributed by atoms with Crippen LogP contribution in [-0.4, -0.2) is 27.5 Å². The molecule has 0 fully saturated rings. The average Bonchev–Trinajstić information content (AvgIpc) is 2.66. The van der Waals surface area contributed by atoms with Gasteiger partial charge in [-0.25, -0.2) is 13.1 Å². The second-order valence-corrected chi connectivity index (χ2v) is 7.23. The van der Waals surface area contributed by atoms with Gasteiger partial charge in [-0.05, 0) is 36.8 Å². The van der Waals surface area contributed by atoms with Crippen molar-refractivity contribution in [3.8, 4) is 5.75 Å². The Morgan fingerprint density at radius 2 is 1.96 bits per heavy atom. The molecular weight excluding hydrogens is 352 g/mol. The molecule has 0 saturated carbocycles. The Labute approximate surface area is 153 Å². The number of hydrogen-bond acceptors (Lipinski definition) is 4. The van der Waals surface area contributed by atoms with E-state index in [0.29, 0.717) is 18.0 Å². The molecule has 0 atom stereocenters. The highest BCUT2D eigenvalue weighted by Crippen LogP contribution is 2.24. The van der Waals surface area contributed by atoms with E-state index in [4.69, 9.17) is 4.74 Å². The minimum atomic E-state index is -3.70. The number of benzene rings is 2. The van der Waals surface area contributed by atoms with E-state index in [1.165, 1.54) is 24.3 Å². The van der Waals surface area contributed by atoms with Crippen LogP contribution in [0.15, 0.2) is 66.1 Å². The van der Waals surface area contributed by atoms with Gasteiger partial charge in [0, 0.05) is 12.1 Å². The van der Waals surface area contributed by atoms with Crippen LogP contribution in [0.5, 0.6) is 5.75 Å². The predicted octanol–water partition coefficient (Wildman–Crippen LogP) is 3.19. The van der Waals surface area contributed by atoms with Crippen LogP contribution < -0.4 is 14.8 Å². The third-order valence-electron chi connectivity index (χ3n) is 3.42. The molecule has 2 N–H and O–H groups in total. The summed E-state index contributed by atoms with van der Waals surface area (Å²) in [5.41, 5.74) is 0.765. The quantitative estimate of drug-likeness (QED) is 0.660. The molecule has 6 nitrogen and oxygen atoms in total. The van der Waals surface area contributed by atoms with Crippen LogP contribution in [-0.2, 0) is 10.0 Å². The standard InChI is InChI=1S/C19H22N2O4S/c1-3-12-20-26(23,24)16-9-7-8-15(14-16)19(22)21-17-10-5-6-11-18(17)25-13-4-2/h3,5-11,14,20H,1,4,12-13H2,2H3,(H,21,22). The summed E-state index contributed by atoms with van der Waals surface area (Å²) in [5.74, 6) is 0.150. The van der Waals surface area contributed by atoms with Crippen LogP contribution >= 0.6 is 0 Å². The molecule has 2 rings (SSSR count). The van der Waals surface area contributed by atoms with Gasteiger partial charge in [0.2, 0.25) is 10.0 Å². The molecule has 1 amide bonds. The Balaban J connectivity index is 2.21. The Kier molecular flexibility index (Phi) is 6.94. The summed E-state index contributed by atoms with van der Waals surface area (Å²) >= 11 is 0. The molecule has 0 heterocycles. The highest BCUT2D eigenvalue weighted by molar-refractivity contribution is 7.89. The minimum Gasteiger partial charge on any atom is -0.491 e. The third-order valence-corrected chi connectivity index (χ3v) is 4.84. The highest BCUT2D eigenvalue weighted by Gasteiger charge is 2.16. The number of hydrogen-bond donors (Lipinski definition) is 2. The van der Waals surface area contributed by atoms with Crippen molar-refractivity contribution in [2.24, 2.45) is 0 Å². The van der Waals surface area contributed by atoms with Gasteiger partial charge in [-0.2, -0.15) is 0 Å². The lowest BCUT2D eigenvalue weighted by Crippen LogP contribution is -2.24. The first-order valence-corrected chi connectivity index (χ1v) is 9.70. The smallest absolute Gasteiger partial charge is 0.255 e. The Bertz CT molecular complexity index is 879. The molecule has 0 aromatic heterocycles. The van der Waals surface area contributed by atoms with Gasteiger partial charge in [0.15, 0.2) is 0 Å². The number of anilines is 1. The molecule has 0 aliphatic carbocycles. The molecule has 0 saturated heterocycles. The fraction of sp³-hybridized carbons (Fsp3) is 0.211. The van der Waals surface area contributed by atoms with Crippen molar-refractivity contribution in [2.75, 3.05) is 18.5 Å². The predicted molar refractivity (Wildman–Crippen MR) is 102 cm³/mol. The molecule has 2 aromatic carbocycles. The van der Waals surface area contributed by atoms with Gasteiger partial charge < -0.3 is 10.1 Å². The fourth-order valence-electron chi connectivity index (χ4n) is 2.16. The van der Waals surface area contributed by atoms with Crippen LogP contribution in [0, 0.1) is 0 Å². The van der Waals surface area contributed by atoms with Crippen molar-refractivity contribution in [3.63, 3.8) is 0 Å². The van der Waals surface area contributed by atoms with Crippen molar-refractivity contribution in [3.05, 3.63) is 66.7 Å². The SMILES string of the molecule is C=CCNS(=O)(=O)c1cccc(C(=O)Nc2ccccc2OCCC)c1. The first kappa shape index (κ1) is 19.7. The monoisotopic (exact) mass is 374 g/mol. The van der Waals surface area contributed by atoms with E-state index >= 15 is 0 Å². The molecule has 0 aliphatic rings. The van der Waals surface area contributed by atoms with Crippen molar-refractivity contribution in [1.82, 2.24) is 4.72 Å². The van der Waals surface area contributed by atoms with Gasteiger partial charge >= 0.3 is 0 Å². The molecule has 138 valence electrons. The van der Waals surface area contributed by atoms with Crippen LogP contribution in [0.1, 0.15) is 23.7 Å². The van der Waals surface area contributed by atoms with E-state index in [0.717, 1.165) is 6.42 Å². The maximum absolute atomic E-state index is 12.5. The van der Waals surface area contributed by atoms with E-state index in [-0.39, 0.29) is 17.0 Å². The molecule has 0 bridgehead atoms. The molecule has 0 unspecified atom stereocenters. The van der Waals surface area contributed by atoms with E-state index in [1.807, 2.05) is 13.0 Å². The average molecular weight is 374 g/mol. The van der Waals surface area contributed by atoms with Crippen LogP contribution in [0.2, 0.25) is 0 Å². The fourth-order valence-corrected chi connectivity index (χ4v) is 3.20. The number of carbonyl (C=O) groups is 1. The molecule has 26 heavy (non-hydrogen) atoms. The molecule has 7 heteroatoms. The lowest BCUT2D eigenvalue weighted by atomic mass is 10.2. The summed E-state index contributed by atoms with van der Waals surface area (Å²) in [7, 11) is -3.70.